The number of allylic oxidation sites excluding steroid dienone is 1. The Morgan fingerprint density at radius 3 is 2.63 bits per heavy atom. The van der Waals surface area contributed by atoms with Crippen molar-refractivity contribution in [3.63, 3.8) is 0 Å². The number of aromatic hydroxyl groups is 1. The predicted molar refractivity (Wildman–Crippen MR) is 129 cm³/mol. The maximum Gasteiger partial charge on any atom is 0.162 e. The molecule has 0 fully saturated rings. The second-order valence-electron chi connectivity index (χ2n) is 8.95. The Hall–Kier alpha value is -2.11. The summed E-state index contributed by atoms with van der Waals surface area (Å²) < 4.78 is 1.45. The molecule has 3 nitrogen and oxygen atoms in total. The molecule has 1 aliphatic carbocycles. The lowest BCUT2D eigenvalue weighted by molar-refractivity contribution is -0.118. The highest BCUT2D eigenvalue weighted by atomic mass is 79.9. The molecule has 0 saturated carbocycles. The largest absolute Gasteiger partial charge is 0.506 e. The van der Waals surface area contributed by atoms with Gasteiger partial charge in [-0.15, -0.1) is 0 Å². The molecule has 1 heterocycles. The van der Waals surface area contributed by atoms with Crippen LogP contribution >= 0.6 is 31.9 Å². The summed E-state index contributed by atoms with van der Waals surface area (Å²) in [4.78, 5) is 13.5. The van der Waals surface area contributed by atoms with E-state index in [1.54, 1.807) is 0 Å². The first-order valence-corrected chi connectivity index (χ1v) is 11.6. The molecule has 152 valence electrons. The fraction of sp³-hybridized carbons (Fsp3) is 0.240. The normalized spacial score (nSPS) is 20.0. The maximum absolute atomic E-state index is 13.5. The van der Waals surface area contributed by atoms with Gasteiger partial charge < -0.3 is 10.4 Å². The first kappa shape index (κ1) is 19.8. The van der Waals surface area contributed by atoms with Crippen LogP contribution in [0.5, 0.6) is 5.75 Å². The first-order chi connectivity index (χ1) is 14.2. The molecule has 1 aliphatic heterocycles. The zero-order chi connectivity index (χ0) is 21.2. The van der Waals surface area contributed by atoms with Crippen molar-refractivity contribution in [3.8, 4) is 5.75 Å². The predicted octanol–water partition coefficient (Wildman–Crippen LogP) is 7.38. The number of rotatable bonds is 1. The van der Waals surface area contributed by atoms with Gasteiger partial charge >= 0.3 is 0 Å². The molecule has 0 aromatic heterocycles. The SMILES string of the molecule is CC1(C)CC(=O)C2=C(C1)c1c(ccc3ccccc13)NC2c1cc(Br)cc(Br)c1O. The second kappa shape index (κ2) is 6.96. The van der Waals surface area contributed by atoms with Crippen molar-refractivity contribution in [2.24, 2.45) is 5.41 Å². The standard InChI is InChI=1S/C25H21Br2NO2/c1-25(2)11-17-21-15-6-4-3-5-13(15)7-8-19(21)28-23(22(17)20(29)12-25)16-9-14(26)10-18(27)24(16)30/h3-10,23,28,30H,11-12H2,1-2H3. The van der Waals surface area contributed by atoms with Crippen molar-refractivity contribution < 1.29 is 9.90 Å². The quantitative estimate of drug-likeness (QED) is 0.347. The van der Waals surface area contributed by atoms with Gasteiger partial charge in [0.2, 0.25) is 0 Å². The summed E-state index contributed by atoms with van der Waals surface area (Å²) in [5.74, 6) is 0.303. The van der Waals surface area contributed by atoms with Gasteiger partial charge in [0.15, 0.2) is 5.78 Å². The summed E-state index contributed by atoms with van der Waals surface area (Å²) in [6.07, 6.45) is 1.32. The van der Waals surface area contributed by atoms with E-state index in [1.807, 2.05) is 24.3 Å². The van der Waals surface area contributed by atoms with E-state index in [1.165, 1.54) is 0 Å². The van der Waals surface area contributed by atoms with E-state index < -0.39 is 6.04 Å². The van der Waals surface area contributed by atoms with Gasteiger partial charge in [-0.05, 0) is 62.3 Å². The number of phenolic OH excluding ortho intramolecular Hbond substituents is 1. The number of Topliss-reactive ketones (excluding diaryl/α,β-unsaturated/α-hetero) is 1. The van der Waals surface area contributed by atoms with Crippen molar-refractivity contribution in [1.29, 1.82) is 0 Å². The number of carbonyl (C=O) groups excluding carboxylic acids is 1. The fourth-order valence-corrected chi connectivity index (χ4v) is 6.13. The van der Waals surface area contributed by atoms with Gasteiger partial charge in [0.05, 0.1) is 10.5 Å². The van der Waals surface area contributed by atoms with E-state index >= 15 is 0 Å². The molecule has 0 amide bonds. The number of ketones is 1. The van der Waals surface area contributed by atoms with Crippen molar-refractivity contribution in [1.82, 2.24) is 0 Å². The average Bonchev–Trinajstić information content (AvgIpc) is 2.68. The van der Waals surface area contributed by atoms with Crippen LogP contribution in [0.2, 0.25) is 0 Å². The average molecular weight is 527 g/mol. The molecule has 2 aliphatic rings. The molecule has 1 unspecified atom stereocenters. The number of nitrogens with one attached hydrogen (secondary N) is 1. The Morgan fingerprint density at radius 1 is 1.07 bits per heavy atom. The summed E-state index contributed by atoms with van der Waals surface area (Å²) in [5, 5.41) is 16.7. The number of anilines is 1. The Labute approximate surface area is 192 Å². The van der Waals surface area contributed by atoms with Gasteiger partial charge in [0, 0.05) is 33.3 Å². The first-order valence-electron chi connectivity index (χ1n) is 9.98. The minimum Gasteiger partial charge on any atom is -0.506 e. The number of carbonyl (C=O) groups is 1. The highest BCUT2D eigenvalue weighted by molar-refractivity contribution is 9.11. The van der Waals surface area contributed by atoms with E-state index in [-0.39, 0.29) is 16.9 Å². The third-order valence-corrected chi connectivity index (χ3v) is 7.17. The minimum absolute atomic E-state index is 0.105. The summed E-state index contributed by atoms with van der Waals surface area (Å²) in [7, 11) is 0. The highest BCUT2D eigenvalue weighted by Crippen LogP contribution is 2.53. The molecule has 0 bridgehead atoms. The fourth-order valence-electron chi connectivity index (χ4n) is 4.88. The summed E-state index contributed by atoms with van der Waals surface area (Å²) in [6.45, 7) is 4.31. The lowest BCUT2D eigenvalue weighted by Crippen LogP contribution is -2.33. The van der Waals surface area contributed by atoms with Crippen LogP contribution in [-0.4, -0.2) is 10.9 Å². The number of hydrogen-bond acceptors (Lipinski definition) is 3. The van der Waals surface area contributed by atoms with E-state index in [0.717, 1.165) is 44.1 Å². The van der Waals surface area contributed by atoms with Gasteiger partial charge in [-0.1, -0.05) is 60.1 Å². The van der Waals surface area contributed by atoms with Gasteiger partial charge in [0.25, 0.3) is 0 Å². The Balaban J connectivity index is 1.83. The van der Waals surface area contributed by atoms with Crippen molar-refractivity contribution in [3.05, 3.63) is 74.2 Å². The number of benzene rings is 3. The molecule has 3 aromatic carbocycles. The van der Waals surface area contributed by atoms with Crippen LogP contribution in [0.1, 0.15) is 43.9 Å². The Morgan fingerprint density at radius 2 is 1.83 bits per heavy atom. The van der Waals surface area contributed by atoms with Crippen LogP contribution in [-0.2, 0) is 4.79 Å². The van der Waals surface area contributed by atoms with Crippen LogP contribution in [0.15, 0.2) is 63.0 Å². The van der Waals surface area contributed by atoms with E-state index in [0.29, 0.717) is 16.5 Å². The zero-order valence-corrected chi connectivity index (χ0v) is 19.9. The Kier molecular flexibility index (Phi) is 4.60. The molecule has 0 saturated heterocycles. The molecule has 1 atom stereocenters. The summed E-state index contributed by atoms with van der Waals surface area (Å²) in [6, 6.07) is 15.8. The van der Waals surface area contributed by atoms with Crippen LogP contribution in [0.4, 0.5) is 5.69 Å². The molecule has 5 heteroatoms. The molecule has 3 aromatic rings. The summed E-state index contributed by atoms with van der Waals surface area (Å²) in [5.41, 5.74) is 4.58. The summed E-state index contributed by atoms with van der Waals surface area (Å²) >= 11 is 6.97. The third-order valence-electron chi connectivity index (χ3n) is 6.11. The van der Waals surface area contributed by atoms with Gasteiger partial charge in [-0.3, -0.25) is 4.79 Å². The minimum atomic E-state index is -0.397. The van der Waals surface area contributed by atoms with E-state index in [2.05, 4.69) is 75.3 Å². The Bertz CT molecular complexity index is 1260. The number of hydrogen-bond donors (Lipinski definition) is 2. The number of halogens is 2. The third kappa shape index (κ3) is 3.10. The molecule has 2 N–H and O–H groups in total. The van der Waals surface area contributed by atoms with Crippen molar-refractivity contribution in [2.75, 3.05) is 5.32 Å². The van der Waals surface area contributed by atoms with Crippen LogP contribution < -0.4 is 5.32 Å². The number of fused-ring (bicyclic) bond motifs is 4. The lowest BCUT2D eigenvalue weighted by Gasteiger charge is -2.40. The monoisotopic (exact) mass is 525 g/mol. The topological polar surface area (TPSA) is 49.3 Å². The number of phenols is 1. The van der Waals surface area contributed by atoms with Gasteiger partial charge in [0.1, 0.15) is 5.75 Å². The van der Waals surface area contributed by atoms with E-state index in [9.17, 15) is 9.90 Å². The van der Waals surface area contributed by atoms with Crippen molar-refractivity contribution in [2.45, 2.75) is 32.7 Å². The maximum atomic E-state index is 13.5. The van der Waals surface area contributed by atoms with E-state index in [4.69, 9.17) is 0 Å². The van der Waals surface area contributed by atoms with Crippen LogP contribution in [0.25, 0.3) is 16.3 Å². The van der Waals surface area contributed by atoms with Gasteiger partial charge in [-0.25, -0.2) is 0 Å². The second-order valence-corrected chi connectivity index (χ2v) is 10.7. The highest BCUT2D eigenvalue weighted by Gasteiger charge is 2.41. The molecule has 0 radical (unpaired) electrons. The molecule has 0 spiro atoms. The molecule has 30 heavy (non-hydrogen) atoms. The van der Waals surface area contributed by atoms with Crippen molar-refractivity contribution >= 4 is 59.7 Å². The van der Waals surface area contributed by atoms with Crippen LogP contribution in [0.3, 0.4) is 0 Å². The zero-order valence-electron chi connectivity index (χ0n) is 16.7. The molecular weight excluding hydrogens is 506 g/mol. The molecular formula is C25H21Br2NO2. The van der Waals surface area contributed by atoms with Crippen LogP contribution in [0, 0.1) is 5.41 Å². The van der Waals surface area contributed by atoms with Gasteiger partial charge in [-0.2, -0.15) is 0 Å². The molecule has 5 rings (SSSR count). The smallest absolute Gasteiger partial charge is 0.162 e. The lowest BCUT2D eigenvalue weighted by atomic mass is 9.68.